The normalized spacial score (nSPS) is 32.7. The third-order valence-electron chi connectivity index (χ3n) is 8.60. The Bertz CT molecular complexity index is 978. The molecule has 3 fully saturated rings. The van der Waals surface area contributed by atoms with E-state index in [0.29, 0.717) is 17.7 Å². The highest BCUT2D eigenvalue weighted by Crippen LogP contribution is 2.60. The molecular formula is C28H31NO. The number of amides is 1. The second-order valence-corrected chi connectivity index (χ2v) is 9.93. The van der Waals surface area contributed by atoms with E-state index in [4.69, 9.17) is 0 Å². The summed E-state index contributed by atoms with van der Waals surface area (Å²) in [7, 11) is 0. The molecule has 0 bridgehead atoms. The molecule has 154 valence electrons. The minimum atomic E-state index is -0.0969. The predicted molar refractivity (Wildman–Crippen MR) is 121 cm³/mol. The van der Waals surface area contributed by atoms with Gasteiger partial charge in [0, 0.05) is 12.1 Å². The van der Waals surface area contributed by atoms with Crippen LogP contribution in [0.25, 0.3) is 5.57 Å². The van der Waals surface area contributed by atoms with E-state index < -0.39 is 0 Å². The van der Waals surface area contributed by atoms with Crippen LogP contribution in [-0.2, 0) is 11.2 Å². The number of nitrogens with zero attached hydrogens (tertiary/aromatic N) is 1. The van der Waals surface area contributed by atoms with Crippen molar-refractivity contribution in [2.75, 3.05) is 6.54 Å². The summed E-state index contributed by atoms with van der Waals surface area (Å²) >= 11 is 0. The fourth-order valence-corrected chi connectivity index (χ4v) is 7.51. The number of carbonyl (C=O) groups excluding carboxylic acids is 1. The van der Waals surface area contributed by atoms with E-state index in [0.717, 1.165) is 36.4 Å². The summed E-state index contributed by atoms with van der Waals surface area (Å²) in [6, 6.07) is 21.4. The molecule has 2 saturated carbocycles. The van der Waals surface area contributed by atoms with Gasteiger partial charge in [-0.15, -0.1) is 0 Å². The van der Waals surface area contributed by atoms with Crippen LogP contribution in [0.1, 0.15) is 56.1 Å². The van der Waals surface area contributed by atoms with Crippen LogP contribution < -0.4 is 0 Å². The van der Waals surface area contributed by atoms with E-state index in [1.54, 1.807) is 0 Å². The molecule has 2 aromatic carbocycles. The number of carbonyl (C=O) groups is 1. The smallest absolute Gasteiger partial charge is 0.255 e. The lowest BCUT2D eigenvalue weighted by molar-refractivity contribution is -0.141. The zero-order chi connectivity index (χ0) is 20.1. The molecule has 2 aliphatic carbocycles. The zero-order valence-electron chi connectivity index (χ0n) is 17.7. The second-order valence-electron chi connectivity index (χ2n) is 9.93. The second kappa shape index (κ2) is 7.11. The molecule has 1 amide bonds. The molecule has 2 aromatic rings. The highest BCUT2D eigenvalue weighted by atomic mass is 16.2. The molecule has 4 aliphatic rings. The van der Waals surface area contributed by atoms with Gasteiger partial charge in [0.05, 0.1) is 5.54 Å². The first-order valence-corrected chi connectivity index (χ1v) is 11.9. The molecule has 30 heavy (non-hydrogen) atoms. The van der Waals surface area contributed by atoms with Crippen molar-refractivity contribution in [3.63, 3.8) is 0 Å². The fourth-order valence-electron chi connectivity index (χ4n) is 7.51. The van der Waals surface area contributed by atoms with Gasteiger partial charge in [-0.3, -0.25) is 4.79 Å². The summed E-state index contributed by atoms with van der Waals surface area (Å²) in [6.07, 6.45) is 9.96. The molecule has 1 saturated heterocycles. The van der Waals surface area contributed by atoms with Crippen LogP contribution in [-0.4, -0.2) is 22.9 Å². The number of fused-ring (bicyclic) bond motifs is 2. The van der Waals surface area contributed by atoms with E-state index in [-0.39, 0.29) is 5.54 Å². The Hall–Kier alpha value is -2.35. The quantitative estimate of drug-likeness (QED) is 0.633. The molecule has 0 N–H and O–H groups in total. The van der Waals surface area contributed by atoms with Gasteiger partial charge in [0.2, 0.25) is 0 Å². The molecule has 2 aliphatic heterocycles. The van der Waals surface area contributed by atoms with E-state index in [1.807, 2.05) is 0 Å². The highest BCUT2D eigenvalue weighted by Gasteiger charge is 2.62. The van der Waals surface area contributed by atoms with Crippen molar-refractivity contribution >= 4 is 11.5 Å². The number of hydrogen-bond acceptors (Lipinski definition) is 1. The van der Waals surface area contributed by atoms with Crippen LogP contribution in [0.5, 0.6) is 0 Å². The zero-order valence-corrected chi connectivity index (χ0v) is 17.7. The third-order valence-corrected chi connectivity index (χ3v) is 8.60. The first kappa shape index (κ1) is 18.4. The molecule has 2 heterocycles. The van der Waals surface area contributed by atoms with Gasteiger partial charge < -0.3 is 4.90 Å². The Balaban J connectivity index is 1.55. The van der Waals surface area contributed by atoms with Gasteiger partial charge in [-0.05, 0) is 73.0 Å². The molecule has 2 unspecified atom stereocenters. The summed E-state index contributed by atoms with van der Waals surface area (Å²) < 4.78 is 0. The average Bonchev–Trinajstić information content (AvgIpc) is 3.03. The molecule has 4 atom stereocenters. The van der Waals surface area contributed by atoms with Gasteiger partial charge >= 0.3 is 0 Å². The first-order chi connectivity index (χ1) is 14.8. The van der Waals surface area contributed by atoms with E-state index in [1.165, 1.54) is 49.7 Å². The maximum atomic E-state index is 14.0. The van der Waals surface area contributed by atoms with Crippen molar-refractivity contribution in [2.24, 2.45) is 17.8 Å². The summed E-state index contributed by atoms with van der Waals surface area (Å²) in [5.74, 6) is 2.41. The summed E-state index contributed by atoms with van der Waals surface area (Å²) in [6.45, 7) is 0.965. The molecule has 0 spiro atoms. The van der Waals surface area contributed by atoms with Crippen LogP contribution in [0.3, 0.4) is 0 Å². The molecule has 0 radical (unpaired) electrons. The number of piperidine rings is 1. The number of benzene rings is 2. The van der Waals surface area contributed by atoms with Crippen LogP contribution in [0.2, 0.25) is 0 Å². The highest BCUT2D eigenvalue weighted by molar-refractivity contribution is 6.23. The summed E-state index contributed by atoms with van der Waals surface area (Å²) in [5, 5.41) is 0. The minimum Gasteiger partial charge on any atom is -0.328 e. The number of rotatable bonds is 3. The molecular weight excluding hydrogens is 366 g/mol. The Morgan fingerprint density at radius 1 is 0.867 bits per heavy atom. The van der Waals surface area contributed by atoms with Gasteiger partial charge in [-0.1, -0.05) is 73.5 Å². The van der Waals surface area contributed by atoms with Crippen molar-refractivity contribution in [3.8, 4) is 0 Å². The minimum absolute atomic E-state index is 0.0969. The standard InChI is InChI=1S/C28H31NO/c30-27-26(21-12-5-2-6-13-21)25-17-9-16-24-23-15-8-7-14-22(23)19-29(27)28(24,25)18-20-10-3-1-4-11-20/h1-6,10-13,22-24H,7-9,14-19H2/t22-,23-,24?,28?/m1/s1. The van der Waals surface area contributed by atoms with Gasteiger partial charge in [0.15, 0.2) is 0 Å². The summed E-state index contributed by atoms with van der Waals surface area (Å²) in [5.41, 5.74) is 4.91. The lowest BCUT2D eigenvalue weighted by Crippen LogP contribution is -2.64. The van der Waals surface area contributed by atoms with E-state index in [9.17, 15) is 4.79 Å². The van der Waals surface area contributed by atoms with Crippen LogP contribution in [0.15, 0.2) is 66.2 Å². The van der Waals surface area contributed by atoms with Crippen LogP contribution in [0, 0.1) is 17.8 Å². The van der Waals surface area contributed by atoms with Crippen molar-refractivity contribution < 1.29 is 4.79 Å². The first-order valence-electron chi connectivity index (χ1n) is 11.9. The Labute approximate surface area is 180 Å². The van der Waals surface area contributed by atoms with Crippen molar-refractivity contribution in [1.29, 1.82) is 0 Å². The van der Waals surface area contributed by atoms with Gasteiger partial charge in [0.25, 0.3) is 5.91 Å². The maximum absolute atomic E-state index is 14.0. The maximum Gasteiger partial charge on any atom is 0.255 e. The SMILES string of the molecule is O=C1C(c2ccccc2)=C2CCCC3[C@@H]4CCCC[C@@H]4CN1C23Cc1ccccc1. The van der Waals surface area contributed by atoms with Crippen LogP contribution in [0.4, 0.5) is 0 Å². The van der Waals surface area contributed by atoms with Gasteiger partial charge in [-0.25, -0.2) is 0 Å². The van der Waals surface area contributed by atoms with Gasteiger partial charge in [0.1, 0.15) is 0 Å². The Morgan fingerprint density at radius 2 is 1.60 bits per heavy atom. The molecule has 6 rings (SSSR count). The van der Waals surface area contributed by atoms with Crippen LogP contribution >= 0.6 is 0 Å². The topological polar surface area (TPSA) is 20.3 Å². The van der Waals surface area contributed by atoms with E-state index >= 15 is 0 Å². The predicted octanol–water partition coefficient (Wildman–Crippen LogP) is 5.88. The molecule has 2 heteroatoms. The largest absolute Gasteiger partial charge is 0.328 e. The average molecular weight is 398 g/mol. The summed E-state index contributed by atoms with van der Waals surface area (Å²) in [4.78, 5) is 16.4. The molecule has 2 nitrogen and oxygen atoms in total. The van der Waals surface area contributed by atoms with Gasteiger partial charge in [-0.2, -0.15) is 0 Å². The van der Waals surface area contributed by atoms with Crippen molar-refractivity contribution in [3.05, 3.63) is 77.4 Å². The monoisotopic (exact) mass is 397 g/mol. The third kappa shape index (κ3) is 2.58. The lowest BCUT2D eigenvalue weighted by Gasteiger charge is -2.59. The molecule has 0 aromatic heterocycles. The Morgan fingerprint density at radius 3 is 2.40 bits per heavy atom. The fraction of sp³-hybridized carbons (Fsp3) is 0.464. The van der Waals surface area contributed by atoms with Crippen molar-refractivity contribution in [2.45, 2.75) is 56.9 Å². The van der Waals surface area contributed by atoms with E-state index in [2.05, 4.69) is 65.6 Å². The Kier molecular flexibility index (Phi) is 4.37. The number of hydrogen-bond donors (Lipinski definition) is 0. The van der Waals surface area contributed by atoms with Crippen molar-refractivity contribution in [1.82, 2.24) is 4.90 Å². The lowest BCUT2D eigenvalue weighted by atomic mass is 9.55.